The van der Waals surface area contributed by atoms with E-state index in [2.05, 4.69) is 15.6 Å². The third kappa shape index (κ3) is 6.63. The number of nitrogens with zero attached hydrogens (tertiary/aromatic N) is 1. The van der Waals surface area contributed by atoms with E-state index in [1.165, 1.54) is 35.2 Å². The summed E-state index contributed by atoms with van der Waals surface area (Å²) in [5.74, 6) is -0.451. The number of halogens is 1. The van der Waals surface area contributed by atoms with Crippen LogP contribution in [0.5, 0.6) is 0 Å². The number of thiazole rings is 1. The first-order valence-corrected chi connectivity index (χ1v) is 11.8. The van der Waals surface area contributed by atoms with Crippen LogP contribution < -0.4 is 10.6 Å². The molecular weight excluding hydrogens is 433 g/mol. The maximum absolute atomic E-state index is 13.1. The van der Waals surface area contributed by atoms with Crippen molar-refractivity contribution in [3.8, 4) is 11.3 Å². The standard InChI is InChI=1S/C23H24FN3O2S2/c1-3-6-21(28)25-17-7-5-8-18(13-17)31-20(4-2)22(29)27-23-26-19(14-30-23)15-9-11-16(24)12-10-15/h5,7-14,20H,3-4,6H2,1-2H3,(H,25,28)(H,26,27,29). The van der Waals surface area contributed by atoms with Gasteiger partial charge in [-0.15, -0.1) is 23.1 Å². The Morgan fingerprint density at radius 3 is 2.61 bits per heavy atom. The molecule has 31 heavy (non-hydrogen) atoms. The predicted octanol–water partition coefficient (Wildman–Crippen LogP) is 6.20. The van der Waals surface area contributed by atoms with Gasteiger partial charge in [-0.1, -0.05) is 19.9 Å². The van der Waals surface area contributed by atoms with Crippen LogP contribution in [0.2, 0.25) is 0 Å². The molecule has 1 heterocycles. The molecule has 0 aliphatic rings. The average molecular weight is 458 g/mol. The molecule has 3 rings (SSSR count). The summed E-state index contributed by atoms with van der Waals surface area (Å²) >= 11 is 2.78. The summed E-state index contributed by atoms with van der Waals surface area (Å²) in [5, 5.41) is 7.79. The Hall–Kier alpha value is -2.71. The molecule has 2 N–H and O–H groups in total. The number of carbonyl (C=O) groups is 2. The van der Waals surface area contributed by atoms with Crippen LogP contribution in [0.25, 0.3) is 11.3 Å². The van der Waals surface area contributed by atoms with E-state index in [0.717, 1.165) is 22.6 Å². The Bertz CT molecular complexity index is 1040. The summed E-state index contributed by atoms with van der Waals surface area (Å²) in [4.78, 5) is 30.0. The Kier molecular flexibility index (Phi) is 8.20. The molecule has 0 bridgehead atoms. The van der Waals surface area contributed by atoms with E-state index >= 15 is 0 Å². The van der Waals surface area contributed by atoms with Crippen molar-refractivity contribution < 1.29 is 14.0 Å². The van der Waals surface area contributed by atoms with Crippen molar-refractivity contribution in [2.75, 3.05) is 10.6 Å². The second kappa shape index (κ2) is 11.1. The highest BCUT2D eigenvalue weighted by Gasteiger charge is 2.20. The molecule has 5 nitrogen and oxygen atoms in total. The van der Waals surface area contributed by atoms with E-state index in [1.807, 2.05) is 43.5 Å². The average Bonchev–Trinajstić information content (AvgIpc) is 3.21. The molecule has 3 aromatic rings. The summed E-state index contributed by atoms with van der Waals surface area (Å²) in [6.07, 6.45) is 1.90. The third-order valence-corrected chi connectivity index (χ3v) is 6.53. The molecule has 8 heteroatoms. The van der Waals surface area contributed by atoms with E-state index < -0.39 is 0 Å². The van der Waals surface area contributed by atoms with Gasteiger partial charge in [0, 0.05) is 27.9 Å². The monoisotopic (exact) mass is 457 g/mol. The topological polar surface area (TPSA) is 71.1 Å². The zero-order valence-electron chi connectivity index (χ0n) is 17.4. The van der Waals surface area contributed by atoms with Crippen LogP contribution in [-0.4, -0.2) is 22.0 Å². The van der Waals surface area contributed by atoms with E-state index in [-0.39, 0.29) is 22.9 Å². The number of rotatable bonds is 9. The van der Waals surface area contributed by atoms with Crippen molar-refractivity contribution in [1.82, 2.24) is 4.98 Å². The van der Waals surface area contributed by atoms with Crippen LogP contribution in [0.3, 0.4) is 0 Å². The highest BCUT2D eigenvalue weighted by atomic mass is 32.2. The van der Waals surface area contributed by atoms with Crippen LogP contribution in [0.4, 0.5) is 15.2 Å². The molecule has 0 aliphatic heterocycles. The highest BCUT2D eigenvalue weighted by Crippen LogP contribution is 2.30. The molecule has 1 atom stereocenters. The van der Waals surface area contributed by atoms with Gasteiger partial charge in [-0.2, -0.15) is 0 Å². The van der Waals surface area contributed by atoms with Crippen LogP contribution in [-0.2, 0) is 9.59 Å². The number of thioether (sulfide) groups is 1. The van der Waals surface area contributed by atoms with Gasteiger partial charge in [0.25, 0.3) is 0 Å². The number of benzene rings is 2. The van der Waals surface area contributed by atoms with E-state index in [4.69, 9.17) is 0 Å². The number of hydrogen-bond donors (Lipinski definition) is 2. The van der Waals surface area contributed by atoms with Gasteiger partial charge < -0.3 is 10.6 Å². The van der Waals surface area contributed by atoms with Crippen molar-refractivity contribution >= 4 is 45.7 Å². The van der Waals surface area contributed by atoms with Gasteiger partial charge in [0.05, 0.1) is 10.9 Å². The van der Waals surface area contributed by atoms with Gasteiger partial charge in [-0.25, -0.2) is 9.37 Å². The van der Waals surface area contributed by atoms with E-state index in [0.29, 0.717) is 23.7 Å². The smallest absolute Gasteiger partial charge is 0.239 e. The lowest BCUT2D eigenvalue weighted by Crippen LogP contribution is -2.24. The fourth-order valence-corrected chi connectivity index (χ4v) is 4.59. The number of carbonyl (C=O) groups excluding carboxylic acids is 2. The first-order valence-electron chi connectivity index (χ1n) is 10.1. The van der Waals surface area contributed by atoms with Crippen molar-refractivity contribution in [1.29, 1.82) is 0 Å². The second-order valence-electron chi connectivity index (χ2n) is 6.87. The Morgan fingerprint density at radius 2 is 1.90 bits per heavy atom. The molecule has 2 amide bonds. The molecule has 2 aromatic carbocycles. The second-order valence-corrected chi connectivity index (χ2v) is 9.01. The van der Waals surface area contributed by atoms with Gasteiger partial charge in [0.15, 0.2) is 5.13 Å². The number of nitrogens with one attached hydrogen (secondary N) is 2. The molecular formula is C23H24FN3O2S2. The fraction of sp³-hybridized carbons (Fsp3) is 0.261. The summed E-state index contributed by atoms with van der Waals surface area (Å²) in [6, 6.07) is 13.6. The van der Waals surface area contributed by atoms with Gasteiger partial charge in [0.1, 0.15) is 5.82 Å². The lowest BCUT2D eigenvalue weighted by atomic mass is 10.2. The zero-order valence-corrected chi connectivity index (χ0v) is 19.0. The summed E-state index contributed by atoms with van der Waals surface area (Å²) < 4.78 is 13.1. The zero-order chi connectivity index (χ0) is 22.2. The minimum Gasteiger partial charge on any atom is -0.326 e. The van der Waals surface area contributed by atoms with Crippen LogP contribution in [0.15, 0.2) is 58.8 Å². The summed E-state index contributed by atoms with van der Waals surface area (Å²) in [6.45, 7) is 3.91. The van der Waals surface area contributed by atoms with Gasteiger partial charge in [0.2, 0.25) is 11.8 Å². The first-order chi connectivity index (χ1) is 15.0. The molecule has 0 fully saturated rings. The number of amides is 2. The lowest BCUT2D eigenvalue weighted by molar-refractivity contribution is -0.116. The maximum Gasteiger partial charge on any atom is 0.239 e. The van der Waals surface area contributed by atoms with Crippen LogP contribution >= 0.6 is 23.1 Å². The molecule has 0 radical (unpaired) electrons. The molecule has 0 spiro atoms. The van der Waals surface area contributed by atoms with Gasteiger partial charge >= 0.3 is 0 Å². The van der Waals surface area contributed by atoms with Crippen molar-refractivity contribution in [3.05, 3.63) is 59.7 Å². The minimum absolute atomic E-state index is 0.0184. The molecule has 1 aromatic heterocycles. The maximum atomic E-state index is 13.1. The van der Waals surface area contributed by atoms with Crippen molar-refractivity contribution in [2.24, 2.45) is 0 Å². The summed E-state index contributed by atoms with van der Waals surface area (Å²) in [5.41, 5.74) is 2.21. The first kappa shape index (κ1) is 23.0. The molecule has 1 unspecified atom stereocenters. The van der Waals surface area contributed by atoms with E-state index in [9.17, 15) is 14.0 Å². The molecule has 162 valence electrons. The largest absolute Gasteiger partial charge is 0.326 e. The Balaban J connectivity index is 1.63. The molecule has 0 saturated heterocycles. The number of hydrogen-bond acceptors (Lipinski definition) is 5. The highest BCUT2D eigenvalue weighted by molar-refractivity contribution is 8.00. The molecule has 0 saturated carbocycles. The fourth-order valence-electron chi connectivity index (χ4n) is 2.85. The number of anilines is 2. The Morgan fingerprint density at radius 1 is 1.13 bits per heavy atom. The van der Waals surface area contributed by atoms with Crippen LogP contribution in [0, 0.1) is 5.82 Å². The minimum atomic E-state index is -0.306. The lowest BCUT2D eigenvalue weighted by Gasteiger charge is -2.14. The Labute approximate surface area is 189 Å². The van der Waals surface area contributed by atoms with Crippen molar-refractivity contribution in [3.63, 3.8) is 0 Å². The van der Waals surface area contributed by atoms with Crippen LogP contribution in [0.1, 0.15) is 33.1 Å². The molecule has 0 aliphatic carbocycles. The van der Waals surface area contributed by atoms with Gasteiger partial charge in [-0.3, -0.25) is 9.59 Å². The van der Waals surface area contributed by atoms with E-state index in [1.54, 1.807) is 12.1 Å². The normalized spacial score (nSPS) is 11.7. The number of aromatic nitrogens is 1. The van der Waals surface area contributed by atoms with Gasteiger partial charge in [-0.05, 0) is 55.3 Å². The van der Waals surface area contributed by atoms with Crippen molar-refractivity contribution in [2.45, 2.75) is 43.3 Å². The predicted molar refractivity (Wildman–Crippen MR) is 126 cm³/mol. The quantitative estimate of drug-likeness (QED) is 0.376. The third-order valence-electron chi connectivity index (χ3n) is 4.41. The summed E-state index contributed by atoms with van der Waals surface area (Å²) in [7, 11) is 0. The SMILES string of the molecule is CCCC(=O)Nc1cccc(SC(CC)C(=O)Nc2nc(-c3ccc(F)cc3)cs2)c1.